The number of rotatable bonds is 11. The molecule has 12 heteroatoms. The number of esters is 1. The van der Waals surface area contributed by atoms with E-state index in [2.05, 4.69) is 36.4 Å². The van der Waals surface area contributed by atoms with Gasteiger partial charge in [-0.2, -0.15) is 0 Å². The molecule has 0 aliphatic carbocycles. The average Bonchev–Trinajstić information content (AvgIpc) is 3.44. The first-order valence-electron chi connectivity index (χ1n) is 16.2. The monoisotopic (exact) mass is 815 g/mol. The van der Waals surface area contributed by atoms with Crippen LogP contribution < -0.4 is 24.4 Å². The summed E-state index contributed by atoms with van der Waals surface area (Å²) in [6.07, 6.45) is 1.78. The number of nitro groups is 1. The van der Waals surface area contributed by atoms with Gasteiger partial charge in [0.05, 0.1) is 44.1 Å². The number of aromatic nitrogens is 1. The van der Waals surface area contributed by atoms with Gasteiger partial charge in [-0.3, -0.25) is 19.5 Å². The van der Waals surface area contributed by atoms with E-state index in [-0.39, 0.29) is 24.5 Å². The molecule has 0 N–H and O–H groups in total. The van der Waals surface area contributed by atoms with Crippen LogP contribution in [0, 0.1) is 13.7 Å². The van der Waals surface area contributed by atoms with E-state index in [1.807, 2.05) is 60.7 Å². The fourth-order valence-electron chi connectivity index (χ4n) is 5.80. The second-order valence-electron chi connectivity index (χ2n) is 12.0. The zero-order valence-corrected chi connectivity index (χ0v) is 31.3. The fourth-order valence-corrected chi connectivity index (χ4v) is 7.58. The molecule has 0 unspecified atom stereocenters. The largest absolute Gasteiger partial charge is 0.493 e. The minimum Gasteiger partial charge on any atom is -0.493 e. The van der Waals surface area contributed by atoms with Crippen molar-refractivity contribution in [3.63, 3.8) is 0 Å². The van der Waals surface area contributed by atoms with E-state index >= 15 is 0 Å². The summed E-state index contributed by atoms with van der Waals surface area (Å²) < 4.78 is 20.1. The maximum atomic E-state index is 14.4. The smallest absolute Gasteiger partial charge is 0.338 e. The summed E-state index contributed by atoms with van der Waals surface area (Å²) in [5, 5.41) is 11.0. The Morgan fingerprint density at radius 2 is 1.76 bits per heavy atom. The van der Waals surface area contributed by atoms with E-state index in [9.17, 15) is 19.7 Å². The van der Waals surface area contributed by atoms with Gasteiger partial charge in [0.2, 0.25) is 0 Å². The van der Waals surface area contributed by atoms with Crippen LogP contribution in [0.25, 0.3) is 11.8 Å². The van der Waals surface area contributed by atoms with Gasteiger partial charge in [-0.25, -0.2) is 9.79 Å². The Balaban J connectivity index is 1.46. The number of carbonyl (C=O) groups excluding carboxylic acids is 1. The maximum Gasteiger partial charge on any atom is 0.338 e. The molecule has 6 rings (SSSR count). The number of nitrogens with zero attached hydrogens (tertiary/aromatic N) is 3. The molecule has 0 saturated carbocycles. The fraction of sp³-hybridized carbons (Fsp3) is 0.205. The lowest BCUT2D eigenvalue weighted by molar-refractivity contribution is -0.384. The predicted molar refractivity (Wildman–Crippen MR) is 205 cm³/mol. The van der Waals surface area contributed by atoms with Gasteiger partial charge in [-0.05, 0) is 88.0 Å². The van der Waals surface area contributed by atoms with Gasteiger partial charge in [-0.1, -0.05) is 79.8 Å². The van der Waals surface area contributed by atoms with Crippen LogP contribution in [0.4, 0.5) is 5.69 Å². The predicted octanol–water partition coefficient (Wildman–Crippen LogP) is 7.16. The van der Waals surface area contributed by atoms with Crippen LogP contribution in [0.3, 0.4) is 0 Å². The quantitative estimate of drug-likeness (QED) is 0.0601. The van der Waals surface area contributed by atoms with E-state index < -0.39 is 16.9 Å². The molecule has 260 valence electrons. The SMILES string of the molecule is CCOC(=O)C1=C(c2ccccc2)N=c2s/c(=C\c3cc(I)c(OCc4ccc([N+](=O)[O-])cc4)c(OC)c3)c(=O)n2[C@@H]1c1ccc(C(C)C)cc1. The van der Waals surface area contributed by atoms with Gasteiger partial charge in [0, 0.05) is 17.7 Å². The van der Waals surface area contributed by atoms with Crippen LogP contribution in [-0.2, 0) is 16.1 Å². The molecule has 0 bridgehead atoms. The normalized spacial score (nSPS) is 14.2. The lowest BCUT2D eigenvalue weighted by Gasteiger charge is -2.26. The van der Waals surface area contributed by atoms with E-state index in [1.165, 1.54) is 30.6 Å². The summed E-state index contributed by atoms with van der Waals surface area (Å²) in [7, 11) is 1.54. The van der Waals surface area contributed by atoms with Crippen molar-refractivity contribution in [2.45, 2.75) is 39.3 Å². The molecule has 51 heavy (non-hydrogen) atoms. The molecule has 1 atom stereocenters. The molecule has 10 nitrogen and oxygen atoms in total. The Morgan fingerprint density at radius 1 is 1.06 bits per heavy atom. The molecule has 2 heterocycles. The van der Waals surface area contributed by atoms with Crippen molar-refractivity contribution in [3.05, 3.63) is 158 Å². The molecular weight excluding hydrogens is 781 g/mol. The number of benzene rings is 4. The van der Waals surface area contributed by atoms with Crippen LogP contribution in [-0.4, -0.2) is 29.2 Å². The summed E-state index contributed by atoms with van der Waals surface area (Å²) in [5.41, 5.74) is 4.58. The van der Waals surface area contributed by atoms with Gasteiger partial charge >= 0.3 is 5.97 Å². The number of thiazole rings is 1. The Labute approximate surface area is 311 Å². The Bertz CT molecular complexity index is 2310. The number of hydrogen-bond acceptors (Lipinski definition) is 9. The zero-order valence-electron chi connectivity index (χ0n) is 28.3. The number of ether oxygens (including phenoxy) is 3. The Hall–Kier alpha value is -5.08. The molecule has 1 aliphatic heterocycles. The van der Waals surface area contributed by atoms with Crippen LogP contribution in [0.15, 0.2) is 106 Å². The van der Waals surface area contributed by atoms with Crippen molar-refractivity contribution in [2.24, 2.45) is 4.99 Å². The first-order chi connectivity index (χ1) is 24.6. The molecule has 0 fully saturated rings. The van der Waals surface area contributed by atoms with Crippen LogP contribution in [0.2, 0.25) is 0 Å². The first-order valence-corrected chi connectivity index (χ1v) is 18.1. The number of hydrogen-bond donors (Lipinski definition) is 0. The summed E-state index contributed by atoms with van der Waals surface area (Å²) in [6, 6.07) is 26.5. The third-order valence-electron chi connectivity index (χ3n) is 8.37. The van der Waals surface area contributed by atoms with Crippen molar-refractivity contribution in [3.8, 4) is 11.5 Å². The number of fused-ring (bicyclic) bond motifs is 1. The highest BCUT2D eigenvalue weighted by Crippen LogP contribution is 2.37. The highest BCUT2D eigenvalue weighted by atomic mass is 127. The van der Waals surface area contributed by atoms with E-state index in [0.717, 1.165) is 25.8 Å². The number of nitro benzene ring substituents is 1. The summed E-state index contributed by atoms with van der Waals surface area (Å²) >= 11 is 3.40. The maximum absolute atomic E-state index is 14.4. The number of halogens is 1. The molecule has 0 saturated heterocycles. The summed E-state index contributed by atoms with van der Waals surface area (Å²) in [5.74, 6) is 0.740. The third-order valence-corrected chi connectivity index (χ3v) is 10.2. The molecule has 5 aromatic rings. The first kappa shape index (κ1) is 35.7. The highest BCUT2D eigenvalue weighted by molar-refractivity contribution is 14.1. The van der Waals surface area contributed by atoms with E-state index in [4.69, 9.17) is 19.2 Å². The topological polar surface area (TPSA) is 122 Å². The minimum atomic E-state index is -0.774. The second-order valence-corrected chi connectivity index (χ2v) is 14.2. The third kappa shape index (κ3) is 7.52. The van der Waals surface area contributed by atoms with E-state index in [0.29, 0.717) is 43.6 Å². The van der Waals surface area contributed by atoms with E-state index in [1.54, 1.807) is 35.8 Å². The Kier molecular flexibility index (Phi) is 10.8. The molecule has 1 aliphatic rings. The van der Waals surface area contributed by atoms with Crippen LogP contribution >= 0.6 is 33.9 Å². The average molecular weight is 816 g/mol. The van der Waals surface area contributed by atoms with Crippen molar-refractivity contribution >= 4 is 57.4 Å². The van der Waals surface area contributed by atoms with Gasteiger partial charge in [0.1, 0.15) is 6.61 Å². The van der Waals surface area contributed by atoms with Crippen LogP contribution in [0.1, 0.15) is 60.5 Å². The van der Waals surface area contributed by atoms with Crippen molar-refractivity contribution in [1.82, 2.24) is 4.57 Å². The molecule has 0 amide bonds. The standard InChI is InChI=1S/C39H34IN3O7S/c1-5-49-38(45)33-34(27-9-7-6-8-10-27)41-39-42(35(33)28-15-13-26(14-16-28)23(2)3)37(44)32(51-39)21-25-19-30(40)36(31(20-25)48-4)50-22-24-11-17-29(18-12-24)43(46)47/h6-21,23,35H,5,22H2,1-4H3/b32-21-/t35-/m1/s1. The summed E-state index contributed by atoms with van der Waals surface area (Å²) in [4.78, 5) is 44.1. The number of carbonyl (C=O) groups is 1. The van der Waals surface area contributed by atoms with Crippen LogP contribution in [0.5, 0.6) is 11.5 Å². The molecule has 0 radical (unpaired) electrons. The summed E-state index contributed by atoms with van der Waals surface area (Å²) in [6.45, 7) is 6.32. The van der Waals surface area contributed by atoms with Gasteiger partial charge in [0.15, 0.2) is 16.3 Å². The van der Waals surface area contributed by atoms with Crippen molar-refractivity contribution < 1.29 is 23.9 Å². The number of methoxy groups -OCH3 is 1. The minimum absolute atomic E-state index is 0.00399. The highest BCUT2D eigenvalue weighted by Gasteiger charge is 2.35. The Morgan fingerprint density at radius 3 is 2.39 bits per heavy atom. The van der Waals surface area contributed by atoms with Crippen molar-refractivity contribution in [1.29, 1.82) is 0 Å². The van der Waals surface area contributed by atoms with Gasteiger partial charge < -0.3 is 14.2 Å². The second kappa shape index (κ2) is 15.4. The van der Waals surface area contributed by atoms with Gasteiger partial charge in [-0.15, -0.1) is 0 Å². The molecule has 4 aromatic carbocycles. The van der Waals surface area contributed by atoms with Gasteiger partial charge in [0.25, 0.3) is 11.2 Å². The lowest BCUT2D eigenvalue weighted by Crippen LogP contribution is -2.40. The molecular formula is C39H34IN3O7S. The molecule has 1 aromatic heterocycles. The lowest BCUT2D eigenvalue weighted by atomic mass is 9.91. The van der Waals surface area contributed by atoms with Crippen molar-refractivity contribution in [2.75, 3.05) is 13.7 Å². The molecule has 0 spiro atoms. The zero-order chi connectivity index (χ0) is 36.2. The number of non-ortho nitro benzene ring substituents is 1.